The Bertz CT molecular complexity index is 1170. The summed E-state index contributed by atoms with van der Waals surface area (Å²) in [5, 5.41) is 11.9. The van der Waals surface area contributed by atoms with Crippen LogP contribution in [0.25, 0.3) is 15.9 Å². The molecule has 30 heavy (non-hydrogen) atoms. The lowest BCUT2D eigenvalue weighted by molar-refractivity contribution is -0.301. The van der Waals surface area contributed by atoms with E-state index in [2.05, 4.69) is 18.8 Å². The maximum absolute atomic E-state index is 13.7. The van der Waals surface area contributed by atoms with E-state index in [1.807, 2.05) is 0 Å². The number of methoxy groups -OCH3 is 1. The molecule has 158 valence electrons. The molecule has 0 aliphatic carbocycles. The lowest BCUT2D eigenvalue weighted by atomic mass is 9.90. The summed E-state index contributed by atoms with van der Waals surface area (Å²) >= 11 is 2.41. The molecule has 0 unspecified atom stereocenters. The average molecular weight is 446 g/mol. The molecule has 7 nitrogen and oxygen atoms in total. The zero-order chi connectivity index (χ0) is 21.5. The third kappa shape index (κ3) is 3.73. The highest BCUT2D eigenvalue weighted by atomic mass is 32.2. The third-order valence-electron chi connectivity index (χ3n) is 5.38. The summed E-state index contributed by atoms with van der Waals surface area (Å²) in [5.74, 6) is -0.849. The van der Waals surface area contributed by atoms with Gasteiger partial charge in [0.25, 0.3) is 5.56 Å². The molecule has 0 amide bonds. The first-order valence-corrected chi connectivity index (χ1v) is 11.3. The van der Waals surface area contributed by atoms with Gasteiger partial charge in [-0.2, -0.15) is 0 Å². The van der Waals surface area contributed by atoms with Crippen molar-refractivity contribution in [2.45, 2.75) is 44.1 Å². The van der Waals surface area contributed by atoms with Crippen LogP contribution < -0.4 is 15.4 Å². The van der Waals surface area contributed by atoms with Gasteiger partial charge < -0.3 is 19.4 Å². The summed E-state index contributed by atoms with van der Waals surface area (Å²) in [6.45, 7) is 4.57. The van der Waals surface area contributed by atoms with Crippen molar-refractivity contribution in [2.24, 2.45) is 0 Å². The predicted octanol–water partition coefficient (Wildman–Crippen LogP) is 2.54. The Morgan fingerprint density at radius 1 is 1.40 bits per heavy atom. The van der Waals surface area contributed by atoms with Gasteiger partial charge in [-0.3, -0.25) is 9.36 Å². The van der Waals surface area contributed by atoms with Gasteiger partial charge in [0.05, 0.1) is 36.4 Å². The van der Waals surface area contributed by atoms with Crippen molar-refractivity contribution in [1.82, 2.24) is 9.55 Å². The standard InChI is InChI=1S/C21H22N2O5S2/c1-4-21(2)9-14-15(10-28-21)30-18-17(14)19(26)23(20(22-18)29-11-16(24)25)12-5-7-13(27-3)8-6-12/h5-8H,4,9-11H2,1-3H3,(H,24,25)/p-1/t21-/m1/s1. The van der Waals surface area contributed by atoms with Gasteiger partial charge in [0.1, 0.15) is 10.6 Å². The molecule has 1 atom stereocenters. The number of carbonyl (C=O) groups excluding carboxylic acids is 1. The van der Waals surface area contributed by atoms with Gasteiger partial charge in [-0.25, -0.2) is 4.98 Å². The average Bonchev–Trinajstić information content (AvgIpc) is 3.10. The Balaban J connectivity index is 1.93. The topological polar surface area (TPSA) is 93.5 Å². The Labute approximate surface area is 181 Å². The summed E-state index contributed by atoms with van der Waals surface area (Å²) in [6.07, 6.45) is 1.48. The molecule has 3 heterocycles. The number of carboxylic acid groups (broad SMARTS) is 1. The first kappa shape index (κ1) is 20.9. The van der Waals surface area contributed by atoms with E-state index in [4.69, 9.17) is 9.47 Å². The fraction of sp³-hybridized carbons (Fsp3) is 0.381. The van der Waals surface area contributed by atoms with Crippen molar-refractivity contribution >= 4 is 39.3 Å². The first-order valence-electron chi connectivity index (χ1n) is 9.53. The van der Waals surface area contributed by atoms with E-state index in [0.29, 0.717) is 39.8 Å². The maximum atomic E-state index is 13.7. The first-order chi connectivity index (χ1) is 14.3. The lowest BCUT2D eigenvalue weighted by Gasteiger charge is -2.32. The summed E-state index contributed by atoms with van der Waals surface area (Å²) in [4.78, 5) is 31.0. The Hall–Kier alpha value is -2.36. The lowest BCUT2D eigenvalue weighted by Crippen LogP contribution is -2.34. The van der Waals surface area contributed by atoms with Crippen molar-refractivity contribution in [3.63, 3.8) is 0 Å². The molecule has 0 spiro atoms. The number of hydrogen-bond acceptors (Lipinski definition) is 8. The van der Waals surface area contributed by atoms with Gasteiger partial charge in [-0.15, -0.1) is 11.3 Å². The molecule has 2 aromatic heterocycles. The monoisotopic (exact) mass is 445 g/mol. The number of aliphatic carboxylic acids is 1. The van der Waals surface area contributed by atoms with E-state index >= 15 is 0 Å². The molecular formula is C21H21N2O5S2-. The quantitative estimate of drug-likeness (QED) is 0.425. The van der Waals surface area contributed by atoms with Gasteiger partial charge in [0.15, 0.2) is 5.16 Å². The molecule has 9 heteroatoms. The van der Waals surface area contributed by atoms with E-state index in [9.17, 15) is 14.7 Å². The fourth-order valence-electron chi connectivity index (χ4n) is 3.51. The second kappa shape index (κ2) is 8.05. The van der Waals surface area contributed by atoms with Crippen LogP contribution >= 0.6 is 23.1 Å². The summed E-state index contributed by atoms with van der Waals surface area (Å²) in [5.41, 5.74) is 1.06. The van der Waals surface area contributed by atoms with Crippen LogP contribution in [0.1, 0.15) is 30.7 Å². The number of nitrogens with zero attached hydrogens (tertiary/aromatic N) is 2. The van der Waals surface area contributed by atoms with Gasteiger partial charge in [0.2, 0.25) is 0 Å². The summed E-state index contributed by atoms with van der Waals surface area (Å²) in [6, 6.07) is 7.03. The van der Waals surface area contributed by atoms with E-state index in [-0.39, 0.29) is 16.9 Å². The van der Waals surface area contributed by atoms with Crippen molar-refractivity contribution in [3.05, 3.63) is 45.1 Å². The van der Waals surface area contributed by atoms with Crippen molar-refractivity contribution in [3.8, 4) is 11.4 Å². The zero-order valence-corrected chi connectivity index (χ0v) is 18.5. The van der Waals surface area contributed by atoms with Gasteiger partial charge in [0, 0.05) is 17.1 Å². The van der Waals surface area contributed by atoms with Crippen LogP contribution in [0.15, 0.2) is 34.2 Å². The molecule has 0 saturated carbocycles. The van der Waals surface area contributed by atoms with Gasteiger partial charge in [-0.05, 0) is 43.2 Å². The summed E-state index contributed by atoms with van der Waals surface area (Å²) in [7, 11) is 1.57. The summed E-state index contributed by atoms with van der Waals surface area (Å²) < 4.78 is 12.7. The minimum absolute atomic E-state index is 0.205. The number of benzene rings is 1. The number of hydrogen-bond donors (Lipinski definition) is 0. The molecule has 3 aromatic rings. The third-order valence-corrected chi connectivity index (χ3v) is 7.39. The Morgan fingerprint density at radius 3 is 2.77 bits per heavy atom. The number of carbonyl (C=O) groups is 1. The van der Waals surface area contributed by atoms with Crippen LogP contribution in [-0.2, 0) is 22.6 Å². The van der Waals surface area contributed by atoms with Crippen molar-refractivity contribution in [2.75, 3.05) is 12.9 Å². The van der Waals surface area contributed by atoms with Gasteiger partial charge in [-0.1, -0.05) is 18.7 Å². The SMILES string of the molecule is CC[C@]1(C)Cc2c(sc3nc(SCC(=O)[O-])n(-c4ccc(OC)cc4)c(=O)c23)CO1. The van der Waals surface area contributed by atoms with E-state index in [0.717, 1.165) is 28.6 Å². The Kier molecular flexibility index (Phi) is 5.61. The van der Waals surface area contributed by atoms with Crippen LogP contribution in [0.3, 0.4) is 0 Å². The molecule has 1 aliphatic rings. The number of thioether (sulfide) groups is 1. The number of carboxylic acids is 1. The van der Waals surface area contributed by atoms with Crippen molar-refractivity contribution in [1.29, 1.82) is 0 Å². The number of ether oxygens (including phenoxy) is 2. The molecule has 4 rings (SSSR count). The van der Waals surface area contributed by atoms with Gasteiger partial charge >= 0.3 is 0 Å². The van der Waals surface area contributed by atoms with Crippen molar-refractivity contribution < 1.29 is 19.4 Å². The molecular weight excluding hydrogens is 424 g/mol. The largest absolute Gasteiger partial charge is 0.549 e. The fourth-order valence-corrected chi connectivity index (χ4v) is 5.38. The molecule has 1 aliphatic heterocycles. The minimum atomic E-state index is -1.21. The second-order valence-corrected chi connectivity index (χ2v) is 9.37. The Morgan fingerprint density at radius 2 is 2.13 bits per heavy atom. The highest BCUT2D eigenvalue weighted by molar-refractivity contribution is 7.99. The molecule has 0 N–H and O–H groups in total. The maximum Gasteiger partial charge on any atom is 0.267 e. The minimum Gasteiger partial charge on any atom is -0.549 e. The van der Waals surface area contributed by atoms with Crippen LogP contribution in [-0.4, -0.2) is 34.0 Å². The molecule has 1 aromatic carbocycles. The number of rotatable bonds is 6. The highest BCUT2D eigenvalue weighted by Crippen LogP contribution is 2.39. The number of thiophene rings is 1. The highest BCUT2D eigenvalue weighted by Gasteiger charge is 2.33. The smallest absolute Gasteiger partial charge is 0.267 e. The normalized spacial score (nSPS) is 18.4. The van der Waals surface area contributed by atoms with Crippen LogP contribution in [0.2, 0.25) is 0 Å². The van der Waals surface area contributed by atoms with E-state index in [1.54, 1.807) is 31.4 Å². The molecule has 0 bridgehead atoms. The van der Waals surface area contributed by atoms with Crippen LogP contribution in [0.4, 0.5) is 0 Å². The predicted molar refractivity (Wildman–Crippen MR) is 115 cm³/mol. The van der Waals surface area contributed by atoms with Crippen LogP contribution in [0.5, 0.6) is 5.75 Å². The van der Waals surface area contributed by atoms with E-state index < -0.39 is 5.97 Å². The zero-order valence-electron chi connectivity index (χ0n) is 16.9. The second-order valence-electron chi connectivity index (χ2n) is 7.35. The van der Waals surface area contributed by atoms with Crippen LogP contribution in [0, 0.1) is 0 Å². The van der Waals surface area contributed by atoms with E-state index in [1.165, 1.54) is 15.9 Å². The number of fused-ring (bicyclic) bond motifs is 3. The molecule has 0 fully saturated rings. The number of aromatic nitrogens is 2. The molecule has 0 radical (unpaired) electrons. The molecule has 0 saturated heterocycles.